The zero-order valence-electron chi connectivity index (χ0n) is 14.3. The summed E-state index contributed by atoms with van der Waals surface area (Å²) in [6.07, 6.45) is 0.854. The van der Waals surface area contributed by atoms with Crippen LogP contribution in [0, 0.1) is 32.1 Å². The van der Waals surface area contributed by atoms with Gasteiger partial charge in [-0.1, -0.05) is 36.9 Å². The summed E-state index contributed by atoms with van der Waals surface area (Å²) in [7, 11) is 0. The lowest BCUT2D eigenvalue weighted by molar-refractivity contribution is -0.113. The molecule has 0 aliphatic rings. The highest BCUT2D eigenvalue weighted by molar-refractivity contribution is 8.00. The predicted molar refractivity (Wildman–Crippen MR) is 96.1 cm³/mol. The average molecular weight is 340 g/mol. The van der Waals surface area contributed by atoms with Gasteiger partial charge in [-0.25, -0.2) is 9.97 Å². The quantitative estimate of drug-likeness (QED) is 0.665. The molecule has 0 spiro atoms. The number of anilines is 1. The van der Waals surface area contributed by atoms with Crippen LogP contribution in [-0.4, -0.2) is 21.6 Å². The van der Waals surface area contributed by atoms with Gasteiger partial charge in [-0.15, -0.1) is 0 Å². The minimum Gasteiger partial charge on any atom is -0.325 e. The number of aromatic nitrogens is 2. The van der Waals surface area contributed by atoms with E-state index in [9.17, 15) is 10.1 Å². The number of nitrogens with one attached hydrogen (secondary N) is 1. The lowest BCUT2D eigenvalue weighted by Gasteiger charge is -2.13. The van der Waals surface area contributed by atoms with E-state index >= 15 is 0 Å². The second-order valence-corrected chi connectivity index (χ2v) is 6.41. The molecule has 1 amide bonds. The molecule has 5 nitrogen and oxygen atoms in total. The molecule has 24 heavy (non-hydrogen) atoms. The Morgan fingerprint density at radius 2 is 2.04 bits per heavy atom. The van der Waals surface area contributed by atoms with Crippen molar-refractivity contribution in [1.29, 1.82) is 5.26 Å². The number of nitrogens with zero attached hydrogens (tertiary/aromatic N) is 3. The summed E-state index contributed by atoms with van der Waals surface area (Å²) in [5.41, 5.74) is 4.10. The maximum Gasteiger partial charge on any atom is 0.234 e. The summed E-state index contributed by atoms with van der Waals surface area (Å²) >= 11 is 1.26. The number of hydrogen-bond acceptors (Lipinski definition) is 5. The van der Waals surface area contributed by atoms with Gasteiger partial charge in [-0.05, 0) is 38.3 Å². The van der Waals surface area contributed by atoms with Crippen LogP contribution < -0.4 is 5.32 Å². The van der Waals surface area contributed by atoms with Crippen LogP contribution in [0.4, 0.5) is 5.69 Å². The molecule has 0 saturated carbocycles. The standard InChI is InChI=1S/C18H20N4OS/c1-5-14-8-6-7-11(2)17(14)22-16(23)10-24-18-15(9-19)12(3)20-13(4)21-18/h6-8H,5,10H2,1-4H3,(H,22,23). The van der Waals surface area contributed by atoms with Gasteiger partial charge >= 0.3 is 0 Å². The number of amides is 1. The monoisotopic (exact) mass is 340 g/mol. The number of carbonyl (C=O) groups is 1. The maximum absolute atomic E-state index is 12.3. The predicted octanol–water partition coefficient (Wildman–Crippen LogP) is 3.57. The molecule has 0 atom stereocenters. The van der Waals surface area contributed by atoms with Crippen molar-refractivity contribution in [2.24, 2.45) is 0 Å². The number of aryl methyl sites for hydroxylation is 4. The molecule has 6 heteroatoms. The van der Waals surface area contributed by atoms with E-state index in [1.807, 2.05) is 25.1 Å². The van der Waals surface area contributed by atoms with Crippen LogP contribution in [0.2, 0.25) is 0 Å². The van der Waals surface area contributed by atoms with Gasteiger partial charge in [0, 0.05) is 5.69 Å². The number of benzene rings is 1. The molecular formula is C18H20N4OS. The van der Waals surface area contributed by atoms with E-state index in [1.165, 1.54) is 11.8 Å². The topological polar surface area (TPSA) is 78.7 Å². The molecule has 1 heterocycles. The highest BCUT2D eigenvalue weighted by Gasteiger charge is 2.14. The van der Waals surface area contributed by atoms with E-state index in [2.05, 4.69) is 28.3 Å². The Kier molecular flexibility index (Phi) is 5.93. The number of nitriles is 1. The van der Waals surface area contributed by atoms with Crippen molar-refractivity contribution >= 4 is 23.4 Å². The Labute approximate surface area is 146 Å². The molecule has 0 radical (unpaired) electrons. The first-order valence-corrected chi connectivity index (χ1v) is 8.71. The summed E-state index contributed by atoms with van der Waals surface area (Å²) in [5.74, 6) is 0.686. The lowest BCUT2D eigenvalue weighted by atomic mass is 10.1. The lowest BCUT2D eigenvalue weighted by Crippen LogP contribution is -2.16. The van der Waals surface area contributed by atoms with Gasteiger partial charge in [0.2, 0.25) is 5.91 Å². The molecule has 0 aliphatic carbocycles. The molecule has 0 aliphatic heterocycles. The maximum atomic E-state index is 12.3. The molecule has 1 aromatic heterocycles. The third kappa shape index (κ3) is 4.12. The molecular weight excluding hydrogens is 320 g/mol. The highest BCUT2D eigenvalue weighted by atomic mass is 32.2. The SMILES string of the molecule is CCc1cccc(C)c1NC(=O)CSc1nc(C)nc(C)c1C#N. The van der Waals surface area contributed by atoms with Crippen molar-refractivity contribution < 1.29 is 4.79 Å². The van der Waals surface area contributed by atoms with E-state index < -0.39 is 0 Å². The second kappa shape index (κ2) is 7.93. The molecule has 0 bridgehead atoms. The van der Waals surface area contributed by atoms with Gasteiger partial charge in [0.1, 0.15) is 22.5 Å². The van der Waals surface area contributed by atoms with Crippen LogP contribution in [0.25, 0.3) is 0 Å². The molecule has 124 valence electrons. The van der Waals surface area contributed by atoms with Crippen LogP contribution in [0.5, 0.6) is 0 Å². The zero-order chi connectivity index (χ0) is 17.7. The van der Waals surface area contributed by atoms with Gasteiger partial charge in [-0.3, -0.25) is 4.79 Å². The first-order valence-electron chi connectivity index (χ1n) is 7.72. The van der Waals surface area contributed by atoms with Crippen molar-refractivity contribution in [2.45, 2.75) is 39.1 Å². The van der Waals surface area contributed by atoms with Gasteiger partial charge in [0.25, 0.3) is 0 Å². The number of rotatable bonds is 5. The summed E-state index contributed by atoms with van der Waals surface area (Å²) in [4.78, 5) is 20.8. The number of thioether (sulfide) groups is 1. The van der Waals surface area contributed by atoms with Crippen LogP contribution in [0.1, 0.15) is 35.1 Å². The van der Waals surface area contributed by atoms with Crippen LogP contribution in [0.3, 0.4) is 0 Å². The molecule has 2 aromatic rings. The third-order valence-electron chi connectivity index (χ3n) is 3.62. The minimum atomic E-state index is -0.109. The summed E-state index contributed by atoms with van der Waals surface area (Å²) in [5, 5.41) is 12.8. The molecule has 2 rings (SSSR count). The van der Waals surface area contributed by atoms with Gasteiger partial charge in [0.15, 0.2) is 0 Å². The van der Waals surface area contributed by atoms with Gasteiger partial charge in [0.05, 0.1) is 11.4 Å². The fraction of sp³-hybridized carbons (Fsp3) is 0.333. The number of hydrogen-bond donors (Lipinski definition) is 1. The number of para-hydroxylation sites is 1. The van der Waals surface area contributed by atoms with Crippen molar-refractivity contribution in [3.05, 3.63) is 46.4 Å². The Balaban J connectivity index is 2.12. The van der Waals surface area contributed by atoms with Crippen LogP contribution >= 0.6 is 11.8 Å². The van der Waals surface area contributed by atoms with Crippen LogP contribution in [-0.2, 0) is 11.2 Å². The van der Waals surface area contributed by atoms with E-state index in [0.29, 0.717) is 22.1 Å². The Bertz CT molecular complexity index is 811. The van der Waals surface area contributed by atoms with E-state index in [-0.39, 0.29) is 11.7 Å². The Hall–Kier alpha value is -2.39. The molecule has 0 unspecified atom stereocenters. The van der Waals surface area contributed by atoms with Crippen molar-refractivity contribution in [3.8, 4) is 6.07 Å². The smallest absolute Gasteiger partial charge is 0.234 e. The number of carbonyl (C=O) groups excluding carboxylic acids is 1. The normalized spacial score (nSPS) is 10.3. The van der Waals surface area contributed by atoms with Gasteiger partial charge in [-0.2, -0.15) is 5.26 Å². The Morgan fingerprint density at radius 1 is 1.29 bits per heavy atom. The van der Waals surface area contributed by atoms with Crippen molar-refractivity contribution in [2.75, 3.05) is 11.1 Å². The summed E-state index contributed by atoms with van der Waals surface area (Å²) < 4.78 is 0. The van der Waals surface area contributed by atoms with Crippen molar-refractivity contribution in [1.82, 2.24) is 9.97 Å². The molecule has 1 aromatic carbocycles. The molecule has 0 saturated heterocycles. The molecule has 0 fully saturated rings. The fourth-order valence-electron chi connectivity index (χ4n) is 2.43. The van der Waals surface area contributed by atoms with Crippen molar-refractivity contribution in [3.63, 3.8) is 0 Å². The minimum absolute atomic E-state index is 0.109. The average Bonchev–Trinajstić information content (AvgIpc) is 2.54. The largest absolute Gasteiger partial charge is 0.325 e. The highest BCUT2D eigenvalue weighted by Crippen LogP contribution is 2.24. The first kappa shape index (κ1) is 18.0. The third-order valence-corrected chi connectivity index (χ3v) is 4.60. The Morgan fingerprint density at radius 3 is 2.71 bits per heavy atom. The summed E-state index contributed by atoms with van der Waals surface area (Å²) in [6, 6.07) is 8.10. The molecule has 1 N–H and O–H groups in total. The van der Waals surface area contributed by atoms with E-state index in [4.69, 9.17) is 0 Å². The fourth-order valence-corrected chi connectivity index (χ4v) is 3.30. The van der Waals surface area contributed by atoms with E-state index in [1.54, 1.807) is 13.8 Å². The van der Waals surface area contributed by atoms with Gasteiger partial charge < -0.3 is 5.32 Å². The summed E-state index contributed by atoms with van der Waals surface area (Å²) in [6.45, 7) is 7.59. The van der Waals surface area contributed by atoms with Crippen LogP contribution in [0.15, 0.2) is 23.2 Å². The van der Waals surface area contributed by atoms with E-state index in [0.717, 1.165) is 23.2 Å². The second-order valence-electron chi connectivity index (χ2n) is 5.45. The first-order chi connectivity index (χ1) is 11.5. The zero-order valence-corrected chi connectivity index (χ0v) is 15.1.